The van der Waals surface area contributed by atoms with E-state index in [9.17, 15) is 26.4 Å². The summed E-state index contributed by atoms with van der Waals surface area (Å²) in [7, 11) is -5.92. The summed E-state index contributed by atoms with van der Waals surface area (Å²) in [4.78, 5) is 15.8. The number of hydrogen-bond acceptors (Lipinski definition) is 5. The standard InChI is InChI=1S/C10H7BrF3N2O4PS/c1-21-16-5-2-3-7(11)15-9(5)6(4-8(16)17)20-22(18,19)10(12,13)14/h2-4,21H,1H3. The van der Waals surface area contributed by atoms with Crippen molar-refractivity contribution in [2.45, 2.75) is 5.51 Å². The number of aromatic nitrogens is 2. The Morgan fingerprint density at radius 3 is 2.55 bits per heavy atom. The molecule has 0 amide bonds. The smallest absolute Gasteiger partial charge is 0.373 e. The molecule has 0 bridgehead atoms. The molecule has 120 valence electrons. The molecular formula is C10H7BrF3N2O4PS. The fourth-order valence-electron chi connectivity index (χ4n) is 1.61. The van der Waals surface area contributed by atoms with Crippen LogP contribution in [-0.4, -0.2) is 29.9 Å². The van der Waals surface area contributed by atoms with Crippen LogP contribution >= 0.6 is 24.7 Å². The molecule has 12 heteroatoms. The molecule has 0 fully saturated rings. The first-order chi connectivity index (χ1) is 10.1. The second-order valence-electron chi connectivity index (χ2n) is 3.89. The van der Waals surface area contributed by atoms with Crippen LogP contribution in [0.5, 0.6) is 5.75 Å². The van der Waals surface area contributed by atoms with E-state index in [1.54, 1.807) is 6.66 Å². The molecule has 1 unspecified atom stereocenters. The van der Waals surface area contributed by atoms with Crippen LogP contribution in [0.15, 0.2) is 27.6 Å². The fraction of sp³-hybridized carbons (Fsp3) is 0.200. The molecule has 6 nitrogen and oxygen atoms in total. The molecule has 0 radical (unpaired) electrons. The van der Waals surface area contributed by atoms with E-state index in [1.165, 1.54) is 16.5 Å². The van der Waals surface area contributed by atoms with Crippen LogP contribution in [0.3, 0.4) is 0 Å². The van der Waals surface area contributed by atoms with Crippen molar-refractivity contribution in [3.63, 3.8) is 0 Å². The zero-order valence-corrected chi connectivity index (χ0v) is 14.1. The van der Waals surface area contributed by atoms with Gasteiger partial charge in [0.15, 0.2) is 5.75 Å². The van der Waals surface area contributed by atoms with Crippen LogP contribution in [-0.2, 0) is 10.1 Å². The van der Waals surface area contributed by atoms with Gasteiger partial charge in [-0.15, -0.1) is 0 Å². The maximum atomic E-state index is 12.4. The van der Waals surface area contributed by atoms with E-state index in [0.717, 1.165) is 0 Å². The summed E-state index contributed by atoms with van der Waals surface area (Å²) in [6, 6.07) is 3.57. The predicted octanol–water partition coefficient (Wildman–Crippen LogP) is 2.46. The van der Waals surface area contributed by atoms with Crippen molar-refractivity contribution in [2.24, 2.45) is 0 Å². The Labute approximate surface area is 132 Å². The van der Waals surface area contributed by atoms with Crippen LogP contribution in [0.1, 0.15) is 0 Å². The lowest BCUT2D eigenvalue weighted by atomic mass is 10.3. The Bertz CT molecular complexity index is 897. The van der Waals surface area contributed by atoms with E-state index in [1.807, 2.05) is 0 Å². The van der Waals surface area contributed by atoms with Gasteiger partial charge in [-0.2, -0.15) is 21.6 Å². The molecule has 2 aromatic heterocycles. The molecule has 0 aliphatic rings. The number of hydrogen-bond donors (Lipinski definition) is 0. The summed E-state index contributed by atoms with van der Waals surface area (Å²) in [6.07, 6.45) is 0. The zero-order chi connectivity index (χ0) is 16.7. The van der Waals surface area contributed by atoms with Crippen LogP contribution < -0.4 is 9.74 Å². The van der Waals surface area contributed by atoms with Crippen LogP contribution in [0.2, 0.25) is 0 Å². The van der Waals surface area contributed by atoms with Gasteiger partial charge in [0, 0.05) is 0 Å². The van der Waals surface area contributed by atoms with Crippen molar-refractivity contribution in [2.75, 3.05) is 6.66 Å². The lowest BCUT2D eigenvalue weighted by Gasteiger charge is -2.13. The highest BCUT2D eigenvalue weighted by molar-refractivity contribution is 9.10. The van der Waals surface area contributed by atoms with Crippen molar-refractivity contribution in [1.82, 2.24) is 9.32 Å². The SMILES string of the molecule is CPn1c(=O)cc(OS(=O)(=O)C(F)(F)F)c2nc(Br)ccc21. The minimum atomic E-state index is -5.89. The molecule has 0 spiro atoms. The van der Waals surface area contributed by atoms with E-state index in [4.69, 9.17) is 0 Å². The molecule has 2 rings (SSSR count). The second-order valence-corrected chi connectivity index (χ2v) is 7.14. The highest BCUT2D eigenvalue weighted by atomic mass is 79.9. The van der Waals surface area contributed by atoms with Crippen molar-refractivity contribution >= 4 is 45.8 Å². The minimum absolute atomic E-state index is 0.0254. The van der Waals surface area contributed by atoms with Gasteiger partial charge in [0.25, 0.3) is 5.56 Å². The lowest BCUT2D eigenvalue weighted by molar-refractivity contribution is -0.0499. The van der Waals surface area contributed by atoms with E-state index < -0.39 is 26.9 Å². The van der Waals surface area contributed by atoms with Crippen LogP contribution in [0.4, 0.5) is 13.2 Å². The van der Waals surface area contributed by atoms with Gasteiger partial charge in [-0.1, -0.05) is 0 Å². The maximum Gasteiger partial charge on any atom is 0.534 e. The average Bonchev–Trinajstić information content (AvgIpc) is 2.38. The molecule has 2 aromatic rings. The first-order valence-corrected chi connectivity index (χ1v) is 9.12. The highest BCUT2D eigenvalue weighted by Gasteiger charge is 2.49. The Morgan fingerprint density at radius 2 is 2.00 bits per heavy atom. The zero-order valence-electron chi connectivity index (χ0n) is 10.7. The van der Waals surface area contributed by atoms with E-state index in [-0.39, 0.29) is 24.4 Å². The molecule has 0 aromatic carbocycles. The van der Waals surface area contributed by atoms with Crippen molar-refractivity contribution < 1.29 is 25.8 Å². The van der Waals surface area contributed by atoms with Gasteiger partial charge < -0.3 is 4.18 Å². The first-order valence-electron chi connectivity index (χ1n) is 5.47. The van der Waals surface area contributed by atoms with Gasteiger partial charge in [0.2, 0.25) is 0 Å². The summed E-state index contributed by atoms with van der Waals surface area (Å²) in [5, 5.41) is 0. The molecule has 22 heavy (non-hydrogen) atoms. The summed E-state index contributed by atoms with van der Waals surface area (Å²) in [5.41, 5.74) is -6.29. The highest BCUT2D eigenvalue weighted by Crippen LogP contribution is 2.31. The van der Waals surface area contributed by atoms with Gasteiger partial charge in [-0.05, 0) is 43.5 Å². The summed E-state index contributed by atoms with van der Waals surface area (Å²) in [5.74, 6) is -0.770. The summed E-state index contributed by atoms with van der Waals surface area (Å²) >= 11 is 3.03. The number of halogens is 4. The maximum absolute atomic E-state index is 12.4. The molecule has 2 heterocycles. The molecule has 0 aliphatic heterocycles. The Hall–Kier alpha value is -1.19. The summed E-state index contributed by atoms with van der Waals surface area (Å²) in [6.45, 7) is 1.68. The van der Waals surface area contributed by atoms with Crippen LogP contribution in [0, 0.1) is 0 Å². The number of pyridine rings is 2. The van der Waals surface area contributed by atoms with E-state index in [0.29, 0.717) is 6.07 Å². The molecule has 0 N–H and O–H groups in total. The van der Waals surface area contributed by atoms with Crippen molar-refractivity contribution in [3.05, 3.63) is 33.2 Å². The molecular weight excluding hydrogens is 412 g/mol. The molecule has 0 saturated heterocycles. The van der Waals surface area contributed by atoms with Gasteiger partial charge in [0.1, 0.15) is 10.1 Å². The Morgan fingerprint density at radius 1 is 1.36 bits per heavy atom. The van der Waals surface area contributed by atoms with Gasteiger partial charge in [-0.25, -0.2) is 4.98 Å². The number of rotatable bonds is 3. The third-order valence-corrected chi connectivity index (χ3v) is 4.81. The van der Waals surface area contributed by atoms with Crippen molar-refractivity contribution in [1.29, 1.82) is 0 Å². The van der Waals surface area contributed by atoms with E-state index >= 15 is 0 Å². The van der Waals surface area contributed by atoms with Gasteiger partial charge >= 0.3 is 15.6 Å². The number of nitrogens with zero attached hydrogens (tertiary/aromatic N) is 2. The van der Waals surface area contributed by atoms with Crippen molar-refractivity contribution in [3.8, 4) is 5.75 Å². The Kier molecular flexibility index (Phi) is 4.51. The average molecular weight is 419 g/mol. The lowest BCUT2D eigenvalue weighted by Crippen LogP contribution is -2.29. The monoisotopic (exact) mass is 418 g/mol. The third kappa shape index (κ3) is 3.11. The topological polar surface area (TPSA) is 78.3 Å². The Balaban J connectivity index is 2.75. The molecule has 0 saturated carbocycles. The second kappa shape index (κ2) is 5.78. The first kappa shape index (κ1) is 17.2. The van der Waals surface area contributed by atoms with Gasteiger partial charge in [0.05, 0.1) is 11.6 Å². The van der Waals surface area contributed by atoms with Gasteiger partial charge in [-0.3, -0.25) is 9.13 Å². The number of alkyl halides is 3. The minimum Gasteiger partial charge on any atom is -0.373 e. The van der Waals surface area contributed by atoms with E-state index in [2.05, 4.69) is 25.1 Å². The molecule has 0 aliphatic carbocycles. The summed E-state index contributed by atoms with van der Waals surface area (Å²) < 4.78 is 65.1. The molecule has 1 atom stereocenters. The fourth-order valence-corrected chi connectivity index (χ4v) is 3.09. The third-order valence-electron chi connectivity index (χ3n) is 2.50. The normalized spacial score (nSPS) is 13.1. The predicted molar refractivity (Wildman–Crippen MR) is 78.9 cm³/mol. The largest absolute Gasteiger partial charge is 0.534 e. The number of fused-ring (bicyclic) bond motifs is 1. The van der Waals surface area contributed by atoms with Crippen LogP contribution in [0.25, 0.3) is 11.0 Å². The quantitative estimate of drug-likeness (QED) is 0.331.